The highest BCUT2D eigenvalue weighted by atomic mass is 16.2. The van der Waals surface area contributed by atoms with Crippen molar-refractivity contribution in [2.75, 3.05) is 46.3 Å². The van der Waals surface area contributed by atoms with Crippen LogP contribution in [0.4, 0.5) is 0 Å². The zero-order chi connectivity index (χ0) is 11.5. The summed E-state index contributed by atoms with van der Waals surface area (Å²) < 4.78 is 0. The first-order chi connectivity index (χ1) is 7.68. The van der Waals surface area contributed by atoms with E-state index in [0.717, 1.165) is 39.3 Å². The number of nitrogens with zero attached hydrogens (tertiary/aromatic N) is 3. The summed E-state index contributed by atoms with van der Waals surface area (Å²) in [7, 11) is 2.14. The van der Waals surface area contributed by atoms with Crippen LogP contribution in [-0.4, -0.2) is 73.0 Å². The molecular formula is C12H23N3O. The van der Waals surface area contributed by atoms with Crippen LogP contribution in [0.3, 0.4) is 0 Å². The Morgan fingerprint density at radius 1 is 1.00 bits per heavy atom. The Balaban J connectivity index is 1.86. The van der Waals surface area contributed by atoms with Crippen LogP contribution in [0.1, 0.15) is 19.8 Å². The van der Waals surface area contributed by atoms with E-state index in [4.69, 9.17) is 0 Å². The molecule has 0 bridgehead atoms. The highest BCUT2D eigenvalue weighted by Gasteiger charge is 2.28. The topological polar surface area (TPSA) is 26.8 Å². The summed E-state index contributed by atoms with van der Waals surface area (Å²) in [5.74, 6) is 0.335. The SMILES string of the molecule is CC(C(=O)N1CCCC1)N1CCN(C)CC1. The predicted molar refractivity (Wildman–Crippen MR) is 64.3 cm³/mol. The summed E-state index contributed by atoms with van der Waals surface area (Å²) in [6, 6.07) is 0.0757. The van der Waals surface area contributed by atoms with Crippen molar-refractivity contribution in [3.63, 3.8) is 0 Å². The number of rotatable bonds is 2. The molecule has 4 nitrogen and oxygen atoms in total. The molecule has 0 aromatic heterocycles. The summed E-state index contributed by atoms with van der Waals surface area (Å²) >= 11 is 0. The van der Waals surface area contributed by atoms with Gasteiger partial charge in [-0.15, -0.1) is 0 Å². The van der Waals surface area contributed by atoms with Gasteiger partial charge in [-0.25, -0.2) is 0 Å². The normalized spacial score (nSPS) is 26.0. The molecule has 0 aromatic rings. The van der Waals surface area contributed by atoms with Gasteiger partial charge in [0, 0.05) is 39.3 Å². The number of amides is 1. The van der Waals surface area contributed by atoms with Gasteiger partial charge in [0.1, 0.15) is 0 Å². The maximum atomic E-state index is 12.2. The lowest BCUT2D eigenvalue weighted by Gasteiger charge is -2.37. The summed E-state index contributed by atoms with van der Waals surface area (Å²) in [5.41, 5.74) is 0. The molecule has 2 rings (SSSR count). The van der Waals surface area contributed by atoms with Crippen LogP contribution in [0, 0.1) is 0 Å². The number of carbonyl (C=O) groups is 1. The highest BCUT2D eigenvalue weighted by molar-refractivity contribution is 5.81. The Morgan fingerprint density at radius 2 is 1.56 bits per heavy atom. The largest absolute Gasteiger partial charge is 0.341 e. The van der Waals surface area contributed by atoms with Crippen molar-refractivity contribution >= 4 is 5.91 Å². The van der Waals surface area contributed by atoms with Crippen molar-refractivity contribution in [1.82, 2.24) is 14.7 Å². The lowest BCUT2D eigenvalue weighted by Crippen LogP contribution is -2.53. The molecule has 0 spiro atoms. The number of piperazine rings is 1. The molecule has 0 aromatic carbocycles. The van der Waals surface area contributed by atoms with Crippen LogP contribution < -0.4 is 0 Å². The van der Waals surface area contributed by atoms with E-state index in [0.29, 0.717) is 5.91 Å². The molecule has 4 heteroatoms. The predicted octanol–water partition coefficient (Wildman–Crippen LogP) is 0.245. The van der Waals surface area contributed by atoms with E-state index in [1.165, 1.54) is 12.8 Å². The van der Waals surface area contributed by atoms with Crippen molar-refractivity contribution in [2.24, 2.45) is 0 Å². The maximum absolute atomic E-state index is 12.2. The van der Waals surface area contributed by atoms with Gasteiger partial charge in [0.15, 0.2) is 0 Å². The van der Waals surface area contributed by atoms with Crippen LogP contribution >= 0.6 is 0 Å². The third-order valence-electron chi connectivity index (χ3n) is 3.86. The van der Waals surface area contributed by atoms with Gasteiger partial charge in [0.05, 0.1) is 6.04 Å². The van der Waals surface area contributed by atoms with Crippen molar-refractivity contribution in [3.05, 3.63) is 0 Å². The Bertz CT molecular complexity index is 243. The molecule has 2 saturated heterocycles. The second-order valence-electron chi connectivity index (χ2n) is 5.05. The van der Waals surface area contributed by atoms with Crippen LogP contribution in [0.5, 0.6) is 0 Å². The molecule has 0 N–H and O–H groups in total. The van der Waals surface area contributed by atoms with Crippen LogP contribution in [-0.2, 0) is 4.79 Å². The number of hydrogen-bond donors (Lipinski definition) is 0. The molecule has 0 saturated carbocycles. The quantitative estimate of drug-likeness (QED) is 0.674. The molecule has 2 aliphatic rings. The number of hydrogen-bond acceptors (Lipinski definition) is 3. The summed E-state index contributed by atoms with van der Waals surface area (Å²) in [5, 5.41) is 0. The third kappa shape index (κ3) is 2.55. The molecule has 92 valence electrons. The van der Waals surface area contributed by atoms with Gasteiger partial charge in [0.25, 0.3) is 0 Å². The van der Waals surface area contributed by atoms with Crippen LogP contribution in [0.25, 0.3) is 0 Å². The van der Waals surface area contributed by atoms with Crippen molar-refractivity contribution in [3.8, 4) is 0 Å². The zero-order valence-electron chi connectivity index (χ0n) is 10.5. The average molecular weight is 225 g/mol. The molecule has 0 aliphatic carbocycles. The van der Waals surface area contributed by atoms with Crippen molar-refractivity contribution < 1.29 is 4.79 Å². The van der Waals surface area contributed by atoms with Crippen molar-refractivity contribution in [2.45, 2.75) is 25.8 Å². The Hall–Kier alpha value is -0.610. The fraction of sp³-hybridized carbons (Fsp3) is 0.917. The monoisotopic (exact) mass is 225 g/mol. The molecule has 2 fully saturated rings. The smallest absolute Gasteiger partial charge is 0.239 e. The minimum atomic E-state index is 0.0757. The Morgan fingerprint density at radius 3 is 2.12 bits per heavy atom. The Labute approximate surface area is 98.2 Å². The molecule has 2 heterocycles. The first-order valence-corrected chi connectivity index (χ1v) is 6.40. The van der Waals surface area contributed by atoms with E-state index in [1.54, 1.807) is 0 Å². The lowest BCUT2D eigenvalue weighted by molar-refractivity contribution is -0.135. The Kier molecular flexibility index (Phi) is 3.82. The van der Waals surface area contributed by atoms with Crippen LogP contribution in [0.15, 0.2) is 0 Å². The van der Waals surface area contributed by atoms with Gasteiger partial charge < -0.3 is 9.80 Å². The summed E-state index contributed by atoms with van der Waals surface area (Å²) in [6.45, 7) is 8.21. The highest BCUT2D eigenvalue weighted by Crippen LogP contribution is 2.13. The summed E-state index contributed by atoms with van der Waals surface area (Å²) in [4.78, 5) is 18.9. The molecule has 2 aliphatic heterocycles. The molecule has 16 heavy (non-hydrogen) atoms. The average Bonchev–Trinajstić information content (AvgIpc) is 2.81. The van der Waals surface area contributed by atoms with E-state index >= 15 is 0 Å². The number of likely N-dealkylation sites (N-methyl/N-ethyl adjacent to an activating group) is 1. The minimum absolute atomic E-state index is 0.0757. The van der Waals surface area contributed by atoms with Gasteiger partial charge in [0.2, 0.25) is 5.91 Å². The second-order valence-corrected chi connectivity index (χ2v) is 5.05. The minimum Gasteiger partial charge on any atom is -0.341 e. The van der Waals surface area contributed by atoms with Gasteiger partial charge in [-0.1, -0.05) is 0 Å². The van der Waals surface area contributed by atoms with Crippen molar-refractivity contribution in [1.29, 1.82) is 0 Å². The second kappa shape index (κ2) is 5.15. The fourth-order valence-electron chi connectivity index (χ4n) is 2.57. The molecule has 1 atom stereocenters. The maximum Gasteiger partial charge on any atom is 0.239 e. The fourth-order valence-corrected chi connectivity index (χ4v) is 2.57. The number of carbonyl (C=O) groups excluding carboxylic acids is 1. The van der Waals surface area contributed by atoms with Crippen LogP contribution in [0.2, 0.25) is 0 Å². The zero-order valence-corrected chi connectivity index (χ0v) is 10.5. The van der Waals surface area contributed by atoms with Gasteiger partial charge in [-0.05, 0) is 26.8 Å². The molecule has 0 radical (unpaired) electrons. The number of likely N-dealkylation sites (tertiary alicyclic amines) is 1. The lowest BCUT2D eigenvalue weighted by atomic mass is 10.2. The van der Waals surface area contributed by atoms with E-state index in [2.05, 4.69) is 23.8 Å². The molecule has 1 unspecified atom stereocenters. The van der Waals surface area contributed by atoms with Gasteiger partial charge in [-0.3, -0.25) is 9.69 Å². The summed E-state index contributed by atoms with van der Waals surface area (Å²) in [6.07, 6.45) is 2.36. The molecule has 1 amide bonds. The van der Waals surface area contributed by atoms with Gasteiger partial charge in [-0.2, -0.15) is 0 Å². The van der Waals surface area contributed by atoms with Gasteiger partial charge >= 0.3 is 0 Å². The van der Waals surface area contributed by atoms with E-state index in [-0.39, 0.29) is 6.04 Å². The van der Waals surface area contributed by atoms with E-state index < -0.39 is 0 Å². The first kappa shape index (κ1) is 11.9. The molecular weight excluding hydrogens is 202 g/mol. The standard InChI is InChI=1S/C12H23N3O/c1-11(12(16)15-5-3-4-6-15)14-9-7-13(2)8-10-14/h11H,3-10H2,1-2H3. The third-order valence-corrected chi connectivity index (χ3v) is 3.86. The van der Waals surface area contributed by atoms with E-state index in [1.807, 2.05) is 4.90 Å². The van der Waals surface area contributed by atoms with E-state index in [9.17, 15) is 4.79 Å². The first-order valence-electron chi connectivity index (χ1n) is 6.40.